The molecule has 1 unspecified atom stereocenters. The molecule has 160 valence electrons. The van der Waals surface area contributed by atoms with Crippen LogP contribution < -0.4 is 10.7 Å². The Hall–Kier alpha value is -3.86. The summed E-state index contributed by atoms with van der Waals surface area (Å²) in [7, 11) is 0. The van der Waals surface area contributed by atoms with Gasteiger partial charge < -0.3 is 14.6 Å². The van der Waals surface area contributed by atoms with E-state index in [2.05, 4.69) is 5.32 Å². The highest BCUT2D eigenvalue weighted by molar-refractivity contribution is 6.05. The van der Waals surface area contributed by atoms with Crippen LogP contribution in [0.5, 0.6) is 0 Å². The van der Waals surface area contributed by atoms with Gasteiger partial charge in [0.25, 0.3) is 5.91 Å². The maximum atomic E-state index is 13.4. The summed E-state index contributed by atoms with van der Waals surface area (Å²) in [4.78, 5) is 28.3. The van der Waals surface area contributed by atoms with E-state index in [1.807, 2.05) is 65.6 Å². The van der Waals surface area contributed by atoms with E-state index < -0.39 is 0 Å². The van der Waals surface area contributed by atoms with Gasteiger partial charge in [-0.3, -0.25) is 9.59 Å². The smallest absolute Gasteiger partial charge is 0.257 e. The zero-order chi connectivity index (χ0) is 22.1. The molecule has 5 rings (SSSR count). The van der Waals surface area contributed by atoms with Crippen molar-refractivity contribution in [2.45, 2.75) is 19.4 Å². The number of hydrogen-bond donors (Lipinski definition) is 1. The first-order valence-electron chi connectivity index (χ1n) is 10.8. The third-order valence-electron chi connectivity index (χ3n) is 6.03. The third kappa shape index (κ3) is 3.66. The maximum absolute atomic E-state index is 13.4. The summed E-state index contributed by atoms with van der Waals surface area (Å²) in [6, 6.07) is 25.0. The molecule has 1 N–H and O–H groups in total. The standard InChI is InChI=1S/C27H24N2O3/c1-18-24(30)22-13-8-14-23(26(22)32-25(18)19-9-4-2-5-10-19)27(31)29-16-15-21(17-29)28-20-11-6-3-7-12-20/h2-14,21,28H,15-17H2,1H3. The van der Waals surface area contributed by atoms with Gasteiger partial charge in [0.05, 0.1) is 10.9 Å². The van der Waals surface area contributed by atoms with Crippen molar-refractivity contribution in [2.24, 2.45) is 0 Å². The van der Waals surface area contributed by atoms with Gasteiger partial charge in [0, 0.05) is 35.9 Å². The quantitative estimate of drug-likeness (QED) is 0.495. The highest BCUT2D eigenvalue weighted by atomic mass is 16.3. The molecule has 1 aliphatic heterocycles. The molecule has 1 amide bonds. The number of nitrogens with one attached hydrogen (secondary N) is 1. The summed E-state index contributed by atoms with van der Waals surface area (Å²) < 4.78 is 6.23. The molecule has 4 aromatic rings. The van der Waals surface area contributed by atoms with Gasteiger partial charge in [-0.25, -0.2) is 0 Å². The number of nitrogens with zero attached hydrogens (tertiary/aromatic N) is 1. The molecule has 1 fully saturated rings. The Labute approximate surface area is 186 Å². The highest BCUT2D eigenvalue weighted by Gasteiger charge is 2.29. The molecule has 2 heterocycles. The van der Waals surface area contributed by atoms with Crippen LogP contribution in [0.1, 0.15) is 22.3 Å². The minimum Gasteiger partial charge on any atom is -0.455 e. The molecule has 0 aliphatic carbocycles. The maximum Gasteiger partial charge on any atom is 0.257 e. The summed E-state index contributed by atoms with van der Waals surface area (Å²) >= 11 is 0. The van der Waals surface area contributed by atoms with Crippen LogP contribution in [0.15, 0.2) is 88.1 Å². The second kappa shape index (κ2) is 8.35. The van der Waals surface area contributed by atoms with Crippen LogP contribution in [-0.4, -0.2) is 29.9 Å². The van der Waals surface area contributed by atoms with Crippen molar-refractivity contribution in [2.75, 3.05) is 18.4 Å². The van der Waals surface area contributed by atoms with E-state index in [0.717, 1.165) is 17.7 Å². The van der Waals surface area contributed by atoms with E-state index in [9.17, 15) is 9.59 Å². The SMILES string of the molecule is Cc1c(-c2ccccc2)oc2c(C(=O)N3CCC(Nc4ccccc4)C3)cccc2c1=O. The molecule has 5 nitrogen and oxygen atoms in total. The van der Waals surface area contributed by atoms with Gasteiger partial charge >= 0.3 is 0 Å². The van der Waals surface area contributed by atoms with E-state index in [4.69, 9.17) is 4.42 Å². The Bertz CT molecular complexity index is 1330. The fraction of sp³-hybridized carbons (Fsp3) is 0.185. The molecule has 0 bridgehead atoms. The molecule has 5 heteroatoms. The van der Waals surface area contributed by atoms with Crippen molar-refractivity contribution in [1.29, 1.82) is 0 Å². The Morgan fingerprint density at radius 1 is 0.969 bits per heavy atom. The van der Waals surface area contributed by atoms with Crippen LogP contribution in [-0.2, 0) is 0 Å². The number of fused-ring (bicyclic) bond motifs is 1. The topological polar surface area (TPSA) is 62.6 Å². The summed E-state index contributed by atoms with van der Waals surface area (Å²) in [5, 5.41) is 3.93. The van der Waals surface area contributed by atoms with Gasteiger partial charge in [-0.05, 0) is 37.6 Å². The first kappa shape index (κ1) is 20.1. The number of rotatable bonds is 4. The monoisotopic (exact) mass is 424 g/mol. The number of carbonyl (C=O) groups is 1. The van der Waals surface area contributed by atoms with Crippen LogP contribution >= 0.6 is 0 Å². The van der Waals surface area contributed by atoms with E-state index in [0.29, 0.717) is 40.9 Å². The first-order valence-corrected chi connectivity index (χ1v) is 10.8. The van der Waals surface area contributed by atoms with Gasteiger partial charge in [0.1, 0.15) is 5.76 Å². The summed E-state index contributed by atoms with van der Waals surface area (Å²) in [5.74, 6) is 0.396. The number of carbonyl (C=O) groups excluding carboxylic acids is 1. The molecule has 32 heavy (non-hydrogen) atoms. The molecule has 3 aromatic carbocycles. The van der Waals surface area contributed by atoms with Crippen LogP contribution in [0.2, 0.25) is 0 Å². The molecule has 0 spiro atoms. The van der Waals surface area contributed by atoms with Crippen molar-refractivity contribution < 1.29 is 9.21 Å². The predicted octanol–water partition coefficient (Wildman–Crippen LogP) is 5.10. The fourth-order valence-electron chi connectivity index (χ4n) is 4.35. The second-order valence-corrected chi connectivity index (χ2v) is 8.18. The number of benzene rings is 3. The number of para-hydroxylation sites is 2. The van der Waals surface area contributed by atoms with Crippen LogP contribution in [0, 0.1) is 6.92 Å². The lowest BCUT2D eigenvalue weighted by Gasteiger charge is -2.19. The summed E-state index contributed by atoms with van der Waals surface area (Å²) in [6.45, 7) is 3.02. The molecular weight excluding hydrogens is 400 g/mol. The minimum atomic E-state index is -0.112. The Kier molecular flexibility index (Phi) is 5.23. The van der Waals surface area contributed by atoms with E-state index in [1.54, 1.807) is 25.1 Å². The van der Waals surface area contributed by atoms with Crippen molar-refractivity contribution in [3.05, 3.63) is 100 Å². The van der Waals surface area contributed by atoms with Gasteiger partial charge in [0.15, 0.2) is 11.0 Å². The van der Waals surface area contributed by atoms with E-state index in [1.165, 1.54) is 0 Å². The normalized spacial score (nSPS) is 15.8. The summed E-state index contributed by atoms with van der Waals surface area (Å²) in [6.07, 6.45) is 0.865. The number of likely N-dealkylation sites (tertiary alicyclic amines) is 1. The Balaban J connectivity index is 1.48. The second-order valence-electron chi connectivity index (χ2n) is 8.18. The van der Waals surface area contributed by atoms with Crippen molar-refractivity contribution in [3.63, 3.8) is 0 Å². The molecule has 1 atom stereocenters. The number of amides is 1. The number of anilines is 1. The predicted molar refractivity (Wildman–Crippen MR) is 127 cm³/mol. The average molecular weight is 425 g/mol. The van der Waals surface area contributed by atoms with E-state index in [-0.39, 0.29) is 17.4 Å². The lowest BCUT2D eigenvalue weighted by atomic mass is 10.0. The summed E-state index contributed by atoms with van der Waals surface area (Å²) in [5.41, 5.74) is 3.08. The zero-order valence-corrected chi connectivity index (χ0v) is 17.9. The Morgan fingerprint density at radius 3 is 2.44 bits per heavy atom. The molecule has 1 aliphatic rings. The lowest BCUT2D eigenvalue weighted by Crippen LogP contribution is -2.31. The van der Waals surface area contributed by atoms with Crippen LogP contribution in [0.3, 0.4) is 0 Å². The van der Waals surface area contributed by atoms with Crippen molar-refractivity contribution in [3.8, 4) is 11.3 Å². The molecular formula is C27H24N2O3. The van der Waals surface area contributed by atoms with Gasteiger partial charge in [0.2, 0.25) is 0 Å². The fourth-order valence-corrected chi connectivity index (χ4v) is 4.35. The molecule has 0 saturated carbocycles. The first-order chi connectivity index (χ1) is 15.6. The molecule has 1 saturated heterocycles. The van der Waals surface area contributed by atoms with Crippen molar-refractivity contribution in [1.82, 2.24) is 4.90 Å². The van der Waals surface area contributed by atoms with Gasteiger partial charge in [-0.15, -0.1) is 0 Å². The Morgan fingerprint density at radius 2 is 1.69 bits per heavy atom. The van der Waals surface area contributed by atoms with Gasteiger partial charge in [-0.1, -0.05) is 54.6 Å². The average Bonchev–Trinajstić information content (AvgIpc) is 3.30. The third-order valence-corrected chi connectivity index (χ3v) is 6.03. The molecule has 0 radical (unpaired) electrons. The lowest BCUT2D eigenvalue weighted by molar-refractivity contribution is 0.0792. The minimum absolute atomic E-state index is 0.107. The van der Waals surface area contributed by atoms with Crippen LogP contribution in [0.25, 0.3) is 22.3 Å². The van der Waals surface area contributed by atoms with Crippen LogP contribution in [0.4, 0.5) is 5.69 Å². The number of hydrogen-bond acceptors (Lipinski definition) is 4. The largest absolute Gasteiger partial charge is 0.455 e. The molecule has 1 aromatic heterocycles. The highest BCUT2D eigenvalue weighted by Crippen LogP contribution is 2.28. The van der Waals surface area contributed by atoms with Crippen molar-refractivity contribution >= 4 is 22.6 Å². The van der Waals surface area contributed by atoms with Gasteiger partial charge in [-0.2, -0.15) is 0 Å². The zero-order valence-electron chi connectivity index (χ0n) is 17.9. The van der Waals surface area contributed by atoms with E-state index >= 15 is 0 Å².